The zero-order valence-corrected chi connectivity index (χ0v) is 11.7. The highest BCUT2D eigenvalue weighted by Crippen LogP contribution is 2.37. The molecule has 0 radical (unpaired) electrons. The molecule has 1 heterocycles. The Balaban J connectivity index is 2.05. The molecule has 0 spiro atoms. The highest BCUT2D eigenvalue weighted by atomic mass is 32.1. The van der Waals surface area contributed by atoms with Gasteiger partial charge >= 0.3 is 0 Å². The van der Waals surface area contributed by atoms with E-state index in [0.29, 0.717) is 0 Å². The third-order valence-electron chi connectivity index (χ3n) is 3.22. The molecule has 1 nitrogen and oxygen atoms in total. The van der Waals surface area contributed by atoms with Crippen molar-refractivity contribution in [1.82, 2.24) is 0 Å². The highest BCUT2D eigenvalue weighted by molar-refractivity contribution is 7.18. The lowest BCUT2D eigenvalue weighted by molar-refractivity contribution is 0.432. The van der Waals surface area contributed by atoms with Gasteiger partial charge in [0.25, 0.3) is 0 Å². The Bertz CT molecular complexity index is 747. The average Bonchev–Trinajstić information content (AvgIpc) is 2.93. The molecule has 0 saturated heterocycles. The van der Waals surface area contributed by atoms with Crippen LogP contribution in [0.3, 0.4) is 0 Å². The highest BCUT2D eigenvalue weighted by Gasteiger charge is 2.11. The second-order valence-electron chi connectivity index (χ2n) is 4.65. The van der Waals surface area contributed by atoms with Crippen molar-refractivity contribution >= 4 is 11.3 Å². The summed E-state index contributed by atoms with van der Waals surface area (Å²) >= 11 is 1.62. The third-order valence-corrected chi connectivity index (χ3v) is 4.39. The van der Waals surface area contributed by atoms with E-state index in [-0.39, 0.29) is 5.75 Å². The minimum atomic E-state index is -0.583. The van der Waals surface area contributed by atoms with Crippen LogP contribution in [0.5, 0.6) is 5.75 Å². The zero-order chi connectivity index (χ0) is 14.1. The topological polar surface area (TPSA) is 20.2 Å². The number of phenols is 1. The van der Waals surface area contributed by atoms with Crippen LogP contribution in [0.4, 0.5) is 4.39 Å². The molecular weight excluding hydrogens is 271 g/mol. The van der Waals surface area contributed by atoms with Crippen molar-refractivity contribution in [2.45, 2.75) is 6.92 Å². The van der Waals surface area contributed by atoms with Gasteiger partial charge in [0.05, 0.1) is 0 Å². The maximum atomic E-state index is 13.5. The SMILES string of the molecule is Cc1cc(O)c(F)cc1-c1ccc(-c2ccccc2)s1. The smallest absolute Gasteiger partial charge is 0.165 e. The second kappa shape index (κ2) is 5.10. The second-order valence-corrected chi connectivity index (χ2v) is 5.73. The minimum absolute atomic E-state index is 0.300. The van der Waals surface area contributed by atoms with Gasteiger partial charge in [0.15, 0.2) is 11.6 Å². The molecule has 0 atom stereocenters. The first-order valence-electron chi connectivity index (χ1n) is 6.30. The summed E-state index contributed by atoms with van der Waals surface area (Å²) in [6, 6.07) is 17.0. The maximum Gasteiger partial charge on any atom is 0.165 e. The molecule has 0 unspecified atom stereocenters. The van der Waals surface area contributed by atoms with Crippen LogP contribution < -0.4 is 0 Å². The lowest BCUT2D eigenvalue weighted by atomic mass is 10.1. The number of benzene rings is 2. The van der Waals surface area contributed by atoms with E-state index in [2.05, 4.69) is 12.1 Å². The summed E-state index contributed by atoms with van der Waals surface area (Å²) in [5, 5.41) is 9.38. The van der Waals surface area contributed by atoms with Gasteiger partial charge in [0.1, 0.15) is 0 Å². The Morgan fingerprint density at radius 1 is 0.950 bits per heavy atom. The summed E-state index contributed by atoms with van der Waals surface area (Å²) in [7, 11) is 0. The molecule has 3 aromatic rings. The summed E-state index contributed by atoms with van der Waals surface area (Å²) in [5.41, 5.74) is 2.85. The van der Waals surface area contributed by atoms with Crippen molar-refractivity contribution in [2.75, 3.05) is 0 Å². The van der Waals surface area contributed by atoms with Gasteiger partial charge in [-0.1, -0.05) is 30.3 Å². The number of halogens is 1. The molecule has 1 N–H and O–H groups in total. The number of hydrogen-bond acceptors (Lipinski definition) is 2. The van der Waals surface area contributed by atoms with E-state index < -0.39 is 5.82 Å². The number of aryl methyl sites for hydroxylation is 1. The van der Waals surface area contributed by atoms with Gasteiger partial charge in [-0.2, -0.15) is 0 Å². The van der Waals surface area contributed by atoms with Gasteiger partial charge in [-0.05, 0) is 47.9 Å². The number of phenolic OH excluding ortho intramolecular Hbond substituents is 1. The van der Waals surface area contributed by atoms with E-state index in [4.69, 9.17) is 0 Å². The molecule has 0 saturated carbocycles. The van der Waals surface area contributed by atoms with Crippen molar-refractivity contribution in [1.29, 1.82) is 0 Å². The molecule has 100 valence electrons. The normalized spacial score (nSPS) is 10.7. The van der Waals surface area contributed by atoms with Crippen LogP contribution in [0.1, 0.15) is 5.56 Å². The molecule has 0 aliphatic carbocycles. The number of aromatic hydroxyl groups is 1. The Labute approximate surface area is 121 Å². The summed E-state index contributed by atoms with van der Waals surface area (Å²) in [6.07, 6.45) is 0. The number of rotatable bonds is 2. The Hall–Kier alpha value is -2.13. The van der Waals surface area contributed by atoms with Crippen LogP contribution >= 0.6 is 11.3 Å². The summed E-state index contributed by atoms with van der Waals surface area (Å²) in [4.78, 5) is 2.15. The van der Waals surface area contributed by atoms with Crippen molar-refractivity contribution in [3.05, 3.63) is 66.0 Å². The van der Waals surface area contributed by atoms with Crippen LogP contribution in [0.25, 0.3) is 20.9 Å². The van der Waals surface area contributed by atoms with Gasteiger partial charge in [0, 0.05) is 9.75 Å². The average molecular weight is 284 g/mol. The van der Waals surface area contributed by atoms with Crippen molar-refractivity contribution in [3.63, 3.8) is 0 Å². The Kier molecular flexibility index (Phi) is 3.28. The lowest BCUT2D eigenvalue weighted by Crippen LogP contribution is -1.84. The molecule has 3 rings (SSSR count). The first kappa shape index (κ1) is 12.9. The molecular formula is C17H13FOS. The lowest BCUT2D eigenvalue weighted by Gasteiger charge is -2.05. The summed E-state index contributed by atoms with van der Waals surface area (Å²) < 4.78 is 13.5. The Morgan fingerprint density at radius 3 is 2.40 bits per heavy atom. The van der Waals surface area contributed by atoms with Crippen molar-refractivity contribution < 1.29 is 9.50 Å². The molecule has 0 bridgehead atoms. The van der Waals surface area contributed by atoms with Crippen LogP contribution in [0.15, 0.2) is 54.6 Å². The molecule has 0 amide bonds. The summed E-state index contributed by atoms with van der Waals surface area (Å²) in [5.74, 6) is -0.883. The molecule has 3 heteroatoms. The fourth-order valence-electron chi connectivity index (χ4n) is 2.17. The standard InChI is InChI=1S/C17H13FOS/c1-11-9-15(19)14(18)10-13(11)17-8-7-16(20-17)12-5-3-2-4-6-12/h2-10,19H,1H3. The Morgan fingerprint density at radius 2 is 1.65 bits per heavy atom. The minimum Gasteiger partial charge on any atom is -0.505 e. The van der Waals surface area contributed by atoms with Gasteiger partial charge in [-0.25, -0.2) is 4.39 Å². The number of thiophene rings is 1. The molecule has 0 aliphatic rings. The van der Waals surface area contributed by atoms with E-state index in [1.54, 1.807) is 11.3 Å². The first-order chi connectivity index (χ1) is 9.65. The van der Waals surface area contributed by atoms with Gasteiger partial charge in [-0.3, -0.25) is 0 Å². The van der Waals surface area contributed by atoms with E-state index in [1.807, 2.05) is 37.3 Å². The maximum absolute atomic E-state index is 13.5. The fraction of sp³-hybridized carbons (Fsp3) is 0.0588. The van der Waals surface area contributed by atoms with Gasteiger partial charge < -0.3 is 5.11 Å². The largest absolute Gasteiger partial charge is 0.505 e. The predicted octanol–water partition coefficient (Wildman–Crippen LogP) is 5.24. The van der Waals surface area contributed by atoms with Crippen LogP contribution in [0.2, 0.25) is 0 Å². The monoisotopic (exact) mass is 284 g/mol. The number of hydrogen-bond donors (Lipinski definition) is 1. The summed E-state index contributed by atoms with van der Waals surface area (Å²) in [6.45, 7) is 1.87. The van der Waals surface area contributed by atoms with Crippen molar-refractivity contribution in [3.8, 4) is 26.6 Å². The van der Waals surface area contributed by atoms with Crippen molar-refractivity contribution in [2.24, 2.45) is 0 Å². The van der Waals surface area contributed by atoms with Crippen LogP contribution in [0, 0.1) is 12.7 Å². The van der Waals surface area contributed by atoms with Crippen LogP contribution in [-0.4, -0.2) is 5.11 Å². The fourth-order valence-corrected chi connectivity index (χ4v) is 3.26. The van der Waals surface area contributed by atoms with E-state index in [0.717, 1.165) is 26.4 Å². The predicted molar refractivity (Wildman–Crippen MR) is 81.6 cm³/mol. The van der Waals surface area contributed by atoms with Gasteiger partial charge in [-0.15, -0.1) is 11.3 Å². The zero-order valence-electron chi connectivity index (χ0n) is 10.9. The van der Waals surface area contributed by atoms with Crippen LogP contribution in [-0.2, 0) is 0 Å². The quantitative estimate of drug-likeness (QED) is 0.682. The molecule has 1 aromatic heterocycles. The third kappa shape index (κ3) is 2.32. The van der Waals surface area contributed by atoms with Gasteiger partial charge in [0.2, 0.25) is 0 Å². The molecule has 0 fully saturated rings. The molecule has 2 aromatic carbocycles. The van der Waals surface area contributed by atoms with E-state index in [1.165, 1.54) is 12.1 Å². The van der Waals surface area contributed by atoms with E-state index in [9.17, 15) is 9.50 Å². The molecule has 0 aliphatic heterocycles. The van der Waals surface area contributed by atoms with E-state index >= 15 is 0 Å². The first-order valence-corrected chi connectivity index (χ1v) is 7.11. The molecule has 20 heavy (non-hydrogen) atoms.